The van der Waals surface area contributed by atoms with Crippen LogP contribution in [-0.4, -0.2) is 58.2 Å². The molecule has 12 nitrogen and oxygen atoms in total. The minimum Gasteiger partial charge on any atom is -0.445 e. The molecule has 0 unspecified atom stereocenters. The fourth-order valence-electron chi connectivity index (χ4n) is 5.53. The van der Waals surface area contributed by atoms with Crippen molar-refractivity contribution >= 4 is 35.6 Å². The van der Waals surface area contributed by atoms with Gasteiger partial charge in [-0.2, -0.15) is 0 Å². The second-order valence-electron chi connectivity index (χ2n) is 11.5. The van der Waals surface area contributed by atoms with Gasteiger partial charge in [-0.25, -0.2) is 15.6 Å². The number of hydrogen-bond acceptors (Lipinski definition) is 8. The molecule has 0 aliphatic rings. The van der Waals surface area contributed by atoms with Gasteiger partial charge in [0, 0.05) is 24.1 Å². The Labute approximate surface area is 299 Å². The Morgan fingerprint density at radius 3 is 1.80 bits per heavy atom. The largest absolute Gasteiger partial charge is 0.445 e. The number of aromatic amines is 1. The summed E-state index contributed by atoms with van der Waals surface area (Å²) in [6.07, 6.45) is 2.27. The molecule has 0 aliphatic carbocycles. The van der Waals surface area contributed by atoms with Crippen LogP contribution in [0.5, 0.6) is 0 Å². The molecule has 0 saturated heterocycles. The molecular weight excluding hydrogens is 667 g/mol. The van der Waals surface area contributed by atoms with Crippen molar-refractivity contribution in [1.29, 1.82) is 0 Å². The Balaban J connectivity index is 1.38. The highest BCUT2D eigenvalue weighted by atomic mass is 32.2. The first-order valence-corrected chi connectivity index (χ1v) is 17.2. The smallest absolute Gasteiger partial charge is 0.408 e. The van der Waals surface area contributed by atoms with Crippen LogP contribution in [0.2, 0.25) is 0 Å². The van der Waals surface area contributed by atoms with Gasteiger partial charge in [0.05, 0.1) is 17.6 Å². The summed E-state index contributed by atoms with van der Waals surface area (Å²) in [5.41, 5.74) is 6.34. The van der Waals surface area contributed by atoms with Crippen molar-refractivity contribution in [2.45, 2.75) is 29.9 Å². The number of H-pyrrole nitrogens is 1. The number of hydrazine groups is 1. The van der Waals surface area contributed by atoms with Crippen LogP contribution >= 0.6 is 11.8 Å². The number of benzene rings is 4. The fourth-order valence-corrected chi connectivity index (χ4v) is 7.09. The van der Waals surface area contributed by atoms with Crippen LogP contribution in [0.1, 0.15) is 27.9 Å². The molecule has 0 fully saturated rings. The minimum atomic E-state index is -1.13. The summed E-state index contributed by atoms with van der Waals surface area (Å²) in [5.74, 6) is 3.55. The lowest BCUT2D eigenvalue weighted by Gasteiger charge is -2.36. The number of nitrogens with two attached hydrogens (primary N) is 1. The van der Waals surface area contributed by atoms with E-state index in [-0.39, 0.29) is 18.8 Å². The predicted octanol–water partition coefficient (Wildman–Crippen LogP) is 3.56. The van der Waals surface area contributed by atoms with E-state index >= 15 is 0 Å². The number of amides is 4. The Hall–Kier alpha value is -5.92. The highest BCUT2D eigenvalue weighted by molar-refractivity contribution is 8.00. The number of alkyl carbamates (subject to hydrolysis) is 1. The Morgan fingerprint density at radius 2 is 1.29 bits per heavy atom. The summed E-state index contributed by atoms with van der Waals surface area (Å²) < 4.78 is 4.69. The molecule has 7 N–H and O–H groups in total. The highest BCUT2D eigenvalue weighted by Crippen LogP contribution is 2.48. The second kappa shape index (κ2) is 18.2. The van der Waals surface area contributed by atoms with E-state index in [1.807, 2.05) is 127 Å². The van der Waals surface area contributed by atoms with Crippen LogP contribution in [0.15, 0.2) is 134 Å². The molecule has 0 radical (unpaired) electrons. The maximum absolute atomic E-state index is 13.8. The first kappa shape index (κ1) is 36.4. The van der Waals surface area contributed by atoms with E-state index in [1.54, 1.807) is 0 Å². The van der Waals surface area contributed by atoms with E-state index in [2.05, 4.69) is 25.9 Å². The van der Waals surface area contributed by atoms with Crippen LogP contribution in [0, 0.1) is 0 Å². The number of imidazole rings is 1. The maximum Gasteiger partial charge on any atom is 0.408 e. The van der Waals surface area contributed by atoms with E-state index in [0.717, 1.165) is 22.3 Å². The number of ether oxygens (including phenoxy) is 1. The fraction of sp³-hybridized carbons (Fsp3) is 0.184. The number of hydrogen-bond donors (Lipinski definition) is 6. The zero-order valence-corrected chi connectivity index (χ0v) is 28.5. The molecule has 0 bridgehead atoms. The van der Waals surface area contributed by atoms with Gasteiger partial charge in [0.25, 0.3) is 5.91 Å². The van der Waals surface area contributed by atoms with Gasteiger partial charge in [0.2, 0.25) is 11.8 Å². The van der Waals surface area contributed by atoms with Gasteiger partial charge in [-0.3, -0.25) is 19.8 Å². The first-order chi connectivity index (χ1) is 24.9. The van der Waals surface area contributed by atoms with Crippen LogP contribution in [-0.2, 0) is 36.9 Å². The maximum atomic E-state index is 13.8. The van der Waals surface area contributed by atoms with Gasteiger partial charge < -0.3 is 25.7 Å². The van der Waals surface area contributed by atoms with Crippen molar-refractivity contribution < 1.29 is 23.9 Å². The molecule has 2 atom stereocenters. The van der Waals surface area contributed by atoms with Crippen molar-refractivity contribution in [1.82, 2.24) is 31.3 Å². The van der Waals surface area contributed by atoms with Crippen LogP contribution in [0.4, 0.5) is 4.79 Å². The molecule has 4 aromatic carbocycles. The van der Waals surface area contributed by atoms with Gasteiger partial charge in [-0.15, -0.1) is 11.8 Å². The monoisotopic (exact) mass is 705 g/mol. The summed E-state index contributed by atoms with van der Waals surface area (Å²) in [6, 6.07) is 36.8. The van der Waals surface area contributed by atoms with Crippen molar-refractivity contribution in [2.75, 3.05) is 12.3 Å². The Morgan fingerprint density at radius 1 is 0.745 bits per heavy atom. The Kier molecular flexibility index (Phi) is 13.0. The summed E-state index contributed by atoms with van der Waals surface area (Å²) >= 11 is 1.47. The first-order valence-electron chi connectivity index (χ1n) is 16.2. The molecule has 51 heavy (non-hydrogen) atoms. The van der Waals surface area contributed by atoms with E-state index < -0.39 is 47.2 Å². The quantitative estimate of drug-likeness (QED) is 0.0390. The molecule has 4 amide bonds. The average molecular weight is 706 g/mol. The molecule has 0 spiro atoms. The molecule has 1 heterocycles. The van der Waals surface area contributed by atoms with E-state index in [1.165, 1.54) is 24.3 Å². The third-order valence-electron chi connectivity index (χ3n) is 8.02. The summed E-state index contributed by atoms with van der Waals surface area (Å²) in [5, 5.41) is 7.93. The van der Waals surface area contributed by atoms with Gasteiger partial charge in [-0.05, 0) is 22.3 Å². The second-order valence-corrected chi connectivity index (χ2v) is 12.7. The normalized spacial score (nSPS) is 12.2. The van der Waals surface area contributed by atoms with Crippen molar-refractivity contribution in [3.63, 3.8) is 0 Å². The standard InChI is InChI=1S/C38H39N7O5S/c39-45-36(48)32(21-31-22-40-26-42-31)43-34(46)23-41-35(47)33(44-37(49)50-24-27-13-5-1-6-14-27)25-51-38(28-15-7-2-8-16-28,29-17-9-3-10-18-29)30-19-11-4-12-20-30/h1-20,22,26,32-33H,21,23-25,39H2,(H,40,42)(H,41,47)(H,43,46)(H,44,49)(H,45,48)/t32-,33-/m0/s1. The number of nitrogens with one attached hydrogen (secondary N) is 5. The predicted molar refractivity (Wildman–Crippen MR) is 195 cm³/mol. The lowest BCUT2D eigenvalue weighted by molar-refractivity contribution is -0.130. The summed E-state index contributed by atoms with van der Waals surface area (Å²) in [7, 11) is 0. The number of nitrogens with zero attached hydrogens (tertiary/aromatic N) is 1. The third kappa shape index (κ3) is 9.84. The molecule has 0 saturated carbocycles. The van der Waals surface area contributed by atoms with Crippen molar-refractivity contribution in [3.05, 3.63) is 162 Å². The van der Waals surface area contributed by atoms with Crippen molar-refractivity contribution in [3.8, 4) is 0 Å². The molecular formula is C38H39N7O5S. The van der Waals surface area contributed by atoms with E-state index in [4.69, 9.17) is 10.6 Å². The Bertz CT molecular complexity index is 1750. The average Bonchev–Trinajstić information content (AvgIpc) is 3.70. The molecule has 13 heteroatoms. The molecule has 262 valence electrons. The molecule has 5 rings (SSSR count). The van der Waals surface area contributed by atoms with Gasteiger partial charge in [0.1, 0.15) is 18.7 Å². The summed E-state index contributed by atoms with van der Waals surface area (Å²) in [4.78, 5) is 59.2. The number of carbonyl (C=O) groups excluding carboxylic acids is 4. The SMILES string of the molecule is NNC(=O)[C@H](Cc1cnc[nH]1)NC(=O)CNC(=O)[C@H](CSC(c1ccccc1)(c1ccccc1)c1ccccc1)NC(=O)OCc1ccccc1. The van der Waals surface area contributed by atoms with Crippen LogP contribution in [0.25, 0.3) is 0 Å². The number of rotatable bonds is 16. The van der Waals surface area contributed by atoms with Gasteiger partial charge in [-0.1, -0.05) is 121 Å². The van der Waals surface area contributed by atoms with Crippen LogP contribution in [0.3, 0.4) is 0 Å². The van der Waals surface area contributed by atoms with E-state index in [9.17, 15) is 19.2 Å². The third-order valence-corrected chi connectivity index (χ3v) is 9.66. The lowest BCUT2D eigenvalue weighted by Crippen LogP contribution is -2.54. The molecule has 5 aromatic rings. The number of carbonyl (C=O) groups is 4. The lowest BCUT2D eigenvalue weighted by atomic mass is 9.84. The van der Waals surface area contributed by atoms with Gasteiger partial charge in [0.15, 0.2) is 0 Å². The zero-order valence-electron chi connectivity index (χ0n) is 27.7. The highest BCUT2D eigenvalue weighted by Gasteiger charge is 2.38. The zero-order chi connectivity index (χ0) is 35.9. The van der Waals surface area contributed by atoms with E-state index in [0.29, 0.717) is 5.69 Å². The number of aromatic nitrogens is 2. The van der Waals surface area contributed by atoms with Gasteiger partial charge >= 0.3 is 6.09 Å². The molecule has 0 aliphatic heterocycles. The molecule has 1 aromatic heterocycles. The van der Waals surface area contributed by atoms with Crippen LogP contribution < -0.4 is 27.2 Å². The minimum absolute atomic E-state index is 0.000524. The van der Waals surface area contributed by atoms with Crippen molar-refractivity contribution in [2.24, 2.45) is 5.84 Å². The summed E-state index contributed by atoms with van der Waals surface area (Å²) in [6.45, 7) is -0.473. The number of thioether (sulfide) groups is 1. The topological polar surface area (TPSA) is 180 Å².